The molecule has 7 nitrogen and oxygen atoms in total. The first-order valence-electron chi connectivity index (χ1n) is 11.2. The molecule has 4 aliphatic rings. The van der Waals surface area contributed by atoms with E-state index >= 15 is 0 Å². The fraction of sp³-hybridized carbons (Fsp3) is 0.739. The molecule has 0 bridgehead atoms. The van der Waals surface area contributed by atoms with Gasteiger partial charge in [0, 0.05) is 5.41 Å². The van der Waals surface area contributed by atoms with E-state index in [1.807, 2.05) is 6.92 Å². The fourth-order valence-corrected chi connectivity index (χ4v) is 7.59. The second-order valence-electron chi connectivity index (χ2n) is 10.2. The minimum absolute atomic E-state index is 0.174. The number of carbonyl (C=O) groups excluding carboxylic acids is 2. The molecule has 0 unspecified atom stereocenters. The van der Waals surface area contributed by atoms with Crippen LogP contribution in [0.2, 0.25) is 0 Å². The Bertz CT molecular complexity index is 821. The van der Waals surface area contributed by atoms with E-state index in [0.29, 0.717) is 42.7 Å². The lowest BCUT2D eigenvalue weighted by atomic mass is 9.46. The van der Waals surface area contributed by atoms with Crippen LogP contribution in [0.4, 0.5) is 0 Å². The third-order valence-corrected chi connectivity index (χ3v) is 9.27. The molecule has 0 aromatic heterocycles. The van der Waals surface area contributed by atoms with E-state index in [1.54, 1.807) is 0 Å². The SMILES string of the molecule is CC(=NNC=O)[C@@]1(O)CC[C@H]2[C@@H]3CCC4=CC(=NNC=O)CC[C@]4(C)[C@H]3CC[C@@]21C. The number of carbonyl (C=O) groups is 2. The maximum Gasteiger partial charge on any atom is 0.227 e. The summed E-state index contributed by atoms with van der Waals surface area (Å²) in [5, 5.41) is 20.0. The summed E-state index contributed by atoms with van der Waals surface area (Å²) in [4.78, 5) is 21.3. The van der Waals surface area contributed by atoms with Gasteiger partial charge in [0.25, 0.3) is 0 Å². The third-order valence-electron chi connectivity index (χ3n) is 9.27. The van der Waals surface area contributed by atoms with Crippen molar-refractivity contribution in [1.29, 1.82) is 0 Å². The molecule has 0 aliphatic heterocycles. The smallest absolute Gasteiger partial charge is 0.227 e. The van der Waals surface area contributed by atoms with Crippen molar-refractivity contribution in [2.75, 3.05) is 0 Å². The highest BCUT2D eigenvalue weighted by molar-refractivity contribution is 5.97. The molecule has 4 aliphatic carbocycles. The Balaban J connectivity index is 1.61. The van der Waals surface area contributed by atoms with Gasteiger partial charge < -0.3 is 5.11 Å². The van der Waals surface area contributed by atoms with Gasteiger partial charge in [0.1, 0.15) is 5.60 Å². The van der Waals surface area contributed by atoms with Crippen molar-refractivity contribution < 1.29 is 14.7 Å². The van der Waals surface area contributed by atoms with Crippen LogP contribution in [0, 0.1) is 28.6 Å². The summed E-state index contributed by atoms with van der Waals surface area (Å²) in [6.45, 7) is 6.50. The standard InChI is InChI=1S/C23H34N4O3/c1-15(26-24-13-28)23(30)11-8-20-18-5-4-16-12-17(27-25-14-29)6-9-21(16,2)19(18)7-10-22(20,23)3/h12-14,18-20,30H,4-11H2,1-3H3,(H,24,28)(H,25,29)/t18-,19+,20+,21+,22+,23+/m1/s1. The first-order chi connectivity index (χ1) is 14.3. The van der Waals surface area contributed by atoms with E-state index in [-0.39, 0.29) is 10.8 Å². The summed E-state index contributed by atoms with van der Waals surface area (Å²) in [7, 11) is 0. The second kappa shape index (κ2) is 7.59. The molecule has 30 heavy (non-hydrogen) atoms. The van der Waals surface area contributed by atoms with Crippen molar-refractivity contribution in [1.82, 2.24) is 10.9 Å². The van der Waals surface area contributed by atoms with Gasteiger partial charge in [-0.2, -0.15) is 10.2 Å². The molecule has 3 N–H and O–H groups in total. The zero-order valence-electron chi connectivity index (χ0n) is 18.3. The van der Waals surface area contributed by atoms with Gasteiger partial charge >= 0.3 is 0 Å². The zero-order chi connectivity index (χ0) is 21.6. The minimum atomic E-state index is -0.956. The van der Waals surface area contributed by atoms with E-state index in [9.17, 15) is 14.7 Å². The van der Waals surface area contributed by atoms with E-state index in [2.05, 4.69) is 41.0 Å². The van der Waals surface area contributed by atoms with Gasteiger partial charge in [0.05, 0.1) is 11.4 Å². The molecular formula is C23H34N4O3. The number of nitrogens with zero attached hydrogens (tertiary/aromatic N) is 2. The Morgan fingerprint density at radius 2 is 1.80 bits per heavy atom. The van der Waals surface area contributed by atoms with Crippen LogP contribution in [-0.4, -0.2) is 35.0 Å². The average Bonchev–Trinajstić information content (AvgIpc) is 3.02. The maximum atomic E-state index is 11.7. The molecule has 0 spiro atoms. The molecule has 0 aromatic carbocycles. The first-order valence-corrected chi connectivity index (χ1v) is 11.2. The van der Waals surface area contributed by atoms with Gasteiger partial charge in [0.2, 0.25) is 12.8 Å². The molecular weight excluding hydrogens is 380 g/mol. The minimum Gasteiger partial charge on any atom is -0.383 e. The predicted octanol–water partition coefficient (Wildman–Crippen LogP) is 2.90. The summed E-state index contributed by atoms with van der Waals surface area (Å²) in [5.41, 5.74) is 6.92. The van der Waals surface area contributed by atoms with Crippen LogP contribution in [0.5, 0.6) is 0 Å². The van der Waals surface area contributed by atoms with Crippen molar-refractivity contribution in [3.05, 3.63) is 11.6 Å². The molecule has 164 valence electrons. The molecule has 3 saturated carbocycles. The summed E-state index contributed by atoms with van der Waals surface area (Å²) in [5.74, 6) is 1.68. The Labute approximate surface area is 178 Å². The highest BCUT2D eigenvalue weighted by Crippen LogP contribution is 2.67. The zero-order valence-corrected chi connectivity index (χ0v) is 18.3. The molecule has 0 saturated heterocycles. The number of fused-ring (bicyclic) bond motifs is 5. The monoisotopic (exact) mass is 414 g/mol. The van der Waals surface area contributed by atoms with Crippen molar-refractivity contribution in [2.24, 2.45) is 38.8 Å². The highest BCUT2D eigenvalue weighted by atomic mass is 16.3. The molecule has 0 heterocycles. The van der Waals surface area contributed by atoms with Crippen molar-refractivity contribution in [3.8, 4) is 0 Å². The number of amides is 2. The molecule has 7 heteroatoms. The lowest BCUT2D eigenvalue weighted by Gasteiger charge is -2.59. The first kappa shape index (κ1) is 21.2. The number of hydrogen-bond donors (Lipinski definition) is 3. The summed E-state index contributed by atoms with van der Waals surface area (Å²) in [6.07, 6.45) is 11.3. The number of rotatable bonds is 5. The van der Waals surface area contributed by atoms with Gasteiger partial charge in [-0.05, 0) is 87.5 Å². The average molecular weight is 415 g/mol. The number of aliphatic hydroxyl groups is 1. The molecule has 4 rings (SSSR count). The number of allylic oxidation sites excluding steroid dienone is 2. The molecule has 3 fully saturated rings. The van der Waals surface area contributed by atoms with Crippen LogP contribution >= 0.6 is 0 Å². The third kappa shape index (κ3) is 2.96. The lowest BCUT2D eigenvalue weighted by Crippen LogP contribution is -2.57. The van der Waals surface area contributed by atoms with Crippen molar-refractivity contribution >= 4 is 24.2 Å². The van der Waals surface area contributed by atoms with Crippen LogP contribution < -0.4 is 10.9 Å². The Hall–Kier alpha value is -2.02. The van der Waals surface area contributed by atoms with Gasteiger partial charge in [-0.1, -0.05) is 19.4 Å². The van der Waals surface area contributed by atoms with Gasteiger partial charge in [0.15, 0.2) is 0 Å². The quantitative estimate of drug-likeness (QED) is 0.366. The highest BCUT2D eigenvalue weighted by Gasteiger charge is 2.64. The van der Waals surface area contributed by atoms with Crippen molar-refractivity contribution in [2.45, 2.75) is 77.7 Å². The van der Waals surface area contributed by atoms with E-state index < -0.39 is 5.60 Å². The number of nitrogens with one attached hydrogen (secondary N) is 2. The largest absolute Gasteiger partial charge is 0.383 e. The topological polar surface area (TPSA) is 103 Å². The van der Waals surface area contributed by atoms with E-state index in [0.717, 1.165) is 50.7 Å². The molecule has 6 atom stereocenters. The Morgan fingerprint density at radius 3 is 2.53 bits per heavy atom. The van der Waals surface area contributed by atoms with Crippen LogP contribution in [0.3, 0.4) is 0 Å². The summed E-state index contributed by atoms with van der Waals surface area (Å²) >= 11 is 0. The number of hydrogen-bond acceptors (Lipinski definition) is 5. The van der Waals surface area contributed by atoms with Gasteiger partial charge in [-0.15, -0.1) is 0 Å². The van der Waals surface area contributed by atoms with Crippen LogP contribution in [0.25, 0.3) is 0 Å². The maximum absolute atomic E-state index is 11.7. The Morgan fingerprint density at radius 1 is 1.07 bits per heavy atom. The van der Waals surface area contributed by atoms with Crippen LogP contribution in [-0.2, 0) is 9.59 Å². The molecule has 2 amide bonds. The van der Waals surface area contributed by atoms with Crippen molar-refractivity contribution in [3.63, 3.8) is 0 Å². The second-order valence-corrected chi connectivity index (χ2v) is 10.2. The van der Waals surface area contributed by atoms with Crippen LogP contribution in [0.1, 0.15) is 72.1 Å². The predicted molar refractivity (Wildman–Crippen MR) is 116 cm³/mol. The normalized spacial score (nSPS) is 44.4. The van der Waals surface area contributed by atoms with Gasteiger partial charge in [-0.3, -0.25) is 9.59 Å². The Kier molecular flexibility index (Phi) is 5.37. The summed E-state index contributed by atoms with van der Waals surface area (Å²) < 4.78 is 0. The van der Waals surface area contributed by atoms with E-state index in [1.165, 1.54) is 5.57 Å². The van der Waals surface area contributed by atoms with Gasteiger partial charge in [-0.25, -0.2) is 10.9 Å². The molecule has 0 radical (unpaired) electrons. The number of hydrazone groups is 2. The molecule has 0 aromatic rings. The fourth-order valence-electron chi connectivity index (χ4n) is 7.59. The lowest BCUT2D eigenvalue weighted by molar-refractivity contribution is -0.110. The van der Waals surface area contributed by atoms with E-state index in [4.69, 9.17) is 0 Å². The van der Waals surface area contributed by atoms with Crippen LogP contribution in [0.15, 0.2) is 21.9 Å². The summed E-state index contributed by atoms with van der Waals surface area (Å²) in [6, 6.07) is 0.